The lowest BCUT2D eigenvalue weighted by Crippen LogP contribution is -2.33. The number of aliphatic imine (C=N–C) groups is 1. The van der Waals surface area contributed by atoms with Crippen LogP contribution in [0.25, 0.3) is 0 Å². The molecule has 0 aliphatic rings. The molecule has 0 saturated heterocycles. The van der Waals surface area contributed by atoms with E-state index in [1.54, 1.807) is 0 Å². The zero-order valence-corrected chi connectivity index (χ0v) is 11.8. The van der Waals surface area contributed by atoms with Crippen molar-refractivity contribution in [1.29, 1.82) is 0 Å². The smallest absolute Gasteiger partial charge is 0.188 e. The van der Waals surface area contributed by atoms with E-state index in [4.69, 9.17) is 10.5 Å². The molecule has 4 heteroatoms. The molecule has 0 atom stereocenters. The highest BCUT2D eigenvalue weighted by Gasteiger charge is 1.97. The molecule has 1 aromatic rings. The first-order valence-electron chi connectivity index (χ1n) is 6.51. The number of nitrogens with one attached hydrogen (secondary N) is 1. The van der Waals surface area contributed by atoms with E-state index in [-0.39, 0.29) is 0 Å². The van der Waals surface area contributed by atoms with Gasteiger partial charge in [0.05, 0.1) is 13.2 Å². The van der Waals surface area contributed by atoms with Crippen molar-refractivity contribution in [2.75, 3.05) is 19.7 Å². The Morgan fingerprint density at radius 1 is 1.47 bits per heavy atom. The van der Waals surface area contributed by atoms with Crippen LogP contribution in [0.15, 0.2) is 41.4 Å². The summed E-state index contributed by atoms with van der Waals surface area (Å²) >= 11 is 0. The first-order chi connectivity index (χ1) is 9.11. The quantitative estimate of drug-likeness (QED) is 0.449. The molecule has 0 bridgehead atoms. The van der Waals surface area contributed by atoms with Gasteiger partial charge in [-0.15, -0.1) is 0 Å². The summed E-state index contributed by atoms with van der Waals surface area (Å²) in [6, 6.07) is 8.08. The van der Waals surface area contributed by atoms with Crippen LogP contribution < -0.4 is 15.8 Å². The van der Waals surface area contributed by atoms with Crippen LogP contribution in [0.4, 0.5) is 0 Å². The van der Waals surface area contributed by atoms with Crippen LogP contribution in [0.5, 0.6) is 5.75 Å². The van der Waals surface area contributed by atoms with E-state index < -0.39 is 0 Å². The largest absolute Gasteiger partial charge is 0.494 e. The molecule has 0 heterocycles. The highest BCUT2D eigenvalue weighted by atomic mass is 16.5. The molecule has 0 aromatic heterocycles. The average Bonchev–Trinajstić information content (AvgIpc) is 2.37. The first kappa shape index (κ1) is 15.1. The van der Waals surface area contributed by atoms with Gasteiger partial charge >= 0.3 is 0 Å². The molecule has 0 saturated carbocycles. The summed E-state index contributed by atoms with van der Waals surface area (Å²) in [5.41, 5.74) is 7.95. The van der Waals surface area contributed by atoms with Crippen LogP contribution in [0.1, 0.15) is 19.4 Å². The molecule has 4 nitrogen and oxygen atoms in total. The lowest BCUT2D eigenvalue weighted by molar-refractivity contribution is 0.340. The van der Waals surface area contributed by atoms with E-state index in [1.165, 1.54) is 5.56 Å². The zero-order valence-electron chi connectivity index (χ0n) is 11.8. The maximum absolute atomic E-state index is 5.74. The van der Waals surface area contributed by atoms with E-state index in [0.717, 1.165) is 24.3 Å². The Bertz CT molecular complexity index is 441. The molecule has 1 aromatic carbocycles. The van der Waals surface area contributed by atoms with Gasteiger partial charge in [-0.2, -0.15) is 0 Å². The zero-order chi connectivity index (χ0) is 14.1. The molecule has 0 spiro atoms. The van der Waals surface area contributed by atoms with Crippen LogP contribution in [0.2, 0.25) is 0 Å². The molecule has 0 fully saturated rings. The van der Waals surface area contributed by atoms with E-state index in [0.29, 0.717) is 19.1 Å². The van der Waals surface area contributed by atoms with Crippen LogP contribution >= 0.6 is 0 Å². The van der Waals surface area contributed by atoms with Crippen molar-refractivity contribution in [1.82, 2.24) is 5.32 Å². The number of ether oxygens (including phenoxy) is 1. The second-order valence-electron chi connectivity index (χ2n) is 4.42. The van der Waals surface area contributed by atoms with Gasteiger partial charge in [-0.05, 0) is 38.0 Å². The molecule has 104 valence electrons. The van der Waals surface area contributed by atoms with E-state index in [9.17, 15) is 0 Å². The van der Waals surface area contributed by atoms with Gasteiger partial charge in [-0.1, -0.05) is 24.3 Å². The summed E-state index contributed by atoms with van der Waals surface area (Å²) in [6.07, 6.45) is 0.879. The van der Waals surface area contributed by atoms with Crippen LogP contribution in [0, 0.1) is 0 Å². The third kappa shape index (κ3) is 6.50. The number of nitrogens with zero attached hydrogens (tertiary/aromatic N) is 1. The fourth-order valence-corrected chi connectivity index (χ4v) is 1.57. The van der Waals surface area contributed by atoms with E-state index in [1.807, 2.05) is 32.0 Å². The Balaban J connectivity index is 2.38. The summed E-state index contributed by atoms with van der Waals surface area (Å²) in [4.78, 5) is 4.16. The topological polar surface area (TPSA) is 59.6 Å². The summed E-state index contributed by atoms with van der Waals surface area (Å²) in [7, 11) is 0. The molecule has 0 aliphatic carbocycles. The van der Waals surface area contributed by atoms with Crippen LogP contribution in [-0.4, -0.2) is 25.7 Å². The molecule has 1 rings (SSSR count). The Morgan fingerprint density at radius 3 is 2.95 bits per heavy atom. The number of nitrogens with two attached hydrogens (primary N) is 1. The predicted molar refractivity (Wildman–Crippen MR) is 80.6 cm³/mol. The summed E-state index contributed by atoms with van der Waals surface area (Å²) in [5.74, 6) is 1.37. The van der Waals surface area contributed by atoms with Gasteiger partial charge in [0.15, 0.2) is 5.96 Å². The van der Waals surface area contributed by atoms with Gasteiger partial charge in [-0.3, -0.25) is 0 Å². The van der Waals surface area contributed by atoms with Crippen molar-refractivity contribution in [3.05, 3.63) is 42.0 Å². The van der Waals surface area contributed by atoms with Crippen molar-refractivity contribution in [2.45, 2.75) is 20.3 Å². The van der Waals surface area contributed by atoms with Gasteiger partial charge in [0.1, 0.15) is 5.75 Å². The van der Waals surface area contributed by atoms with Gasteiger partial charge < -0.3 is 15.8 Å². The lowest BCUT2D eigenvalue weighted by Gasteiger charge is -2.08. The Hall–Kier alpha value is -1.97. The van der Waals surface area contributed by atoms with Crippen LogP contribution in [-0.2, 0) is 6.42 Å². The summed E-state index contributed by atoms with van der Waals surface area (Å²) < 4.78 is 5.46. The number of hydrogen-bond acceptors (Lipinski definition) is 2. The van der Waals surface area contributed by atoms with Gasteiger partial charge in [0, 0.05) is 6.54 Å². The molecule has 3 N–H and O–H groups in total. The molecular weight excluding hydrogens is 238 g/mol. The standard InChI is InChI=1S/C15H23N3O/c1-4-19-14-7-5-6-13(10-14)8-9-17-15(16)18-11-12(2)3/h5-7,10H,2,4,8-9,11H2,1,3H3,(H3,16,17,18). The van der Waals surface area contributed by atoms with Crippen molar-refractivity contribution >= 4 is 5.96 Å². The number of guanidine groups is 1. The maximum atomic E-state index is 5.74. The molecular formula is C15H23N3O. The second-order valence-corrected chi connectivity index (χ2v) is 4.42. The summed E-state index contributed by atoms with van der Waals surface area (Å²) in [5, 5.41) is 3.08. The monoisotopic (exact) mass is 261 g/mol. The number of hydrogen-bond donors (Lipinski definition) is 2. The summed E-state index contributed by atoms with van der Waals surface area (Å²) in [6.45, 7) is 9.69. The number of rotatable bonds is 7. The Morgan fingerprint density at radius 2 is 2.26 bits per heavy atom. The van der Waals surface area contributed by atoms with Gasteiger partial charge in [0.25, 0.3) is 0 Å². The normalized spacial score (nSPS) is 11.2. The van der Waals surface area contributed by atoms with E-state index in [2.05, 4.69) is 23.0 Å². The van der Waals surface area contributed by atoms with Crippen LogP contribution in [0.3, 0.4) is 0 Å². The molecule has 0 aliphatic heterocycles. The Labute approximate surface area is 115 Å². The van der Waals surface area contributed by atoms with Crippen molar-refractivity contribution in [2.24, 2.45) is 10.7 Å². The third-order valence-corrected chi connectivity index (χ3v) is 2.45. The third-order valence-electron chi connectivity index (χ3n) is 2.45. The minimum absolute atomic E-state index is 0.462. The minimum Gasteiger partial charge on any atom is -0.494 e. The molecule has 0 radical (unpaired) electrons. The second kappa shape index (κ2) is 8.19. The number of benzene rings is 1. The van der Waals surface area contributed by atoms with Crippen molar-refractivity contribution in [3.63, 3.8) is 0 Å². The highest BCUT2D eigenvalue weighted by molar-refractivity contribution is 5.77. The fraction of sp³-hybridized carbons (Fsp3) is 0.400. The fourth-order valence-electron chi connectivity index (χ4n) is 1.57. The lowest BCUT2D eigenvalue weighted by atomic mass is 10.1. The minimum atomic E-state index is 0.462. The average molecular weight is 261 g/mol. The molecule has 0 unspecified atom stereocenters. The highest BCUT2D eigenvalue weighted by Crippen LogP contribution is 2.13. The maximum Gasteiger partial charge on any atom is 0.188 e. The predicted octanol–water partition coefficient (Wildman–Crippen LogP) is 2.11. The molecule has 19 heavy (non-hydrogen) atoms. The molecule has 0 amide bonds. The van der Waals surface area contributed by atoms with Gasteiger partial charge in [0.2, 0.25) is 0 Å². The van der Waals surface area contributed by atoms with Gasteiger partial charge in [-0.25, -0.2) is 4.99 Å². The first-order valence-corrected chi connectivity index (χ1v) is 6.51. The van der Waals surface area contributed by atoms with Crippen molar-refractivity contribution in [3.8, 4) is 5.75 Å². The SMILES string of the molecule is C=C(C)CN=C(N)NCCc1cccc(OCC)c1. The van der Waals surface area contributed by atoms with E-state index >= 15 is 0 Å². The Kier molecular flexibility index (Phi) is 6.50. The van der Waals surface area contributed by atoms with Crippen molar-refractivity contribution < 1.29 is 4.74 Å².